The van der Waals surface area contributed by atoms with E-state index >= 15 is 0 Å². The smallest absolute Gasteiger partial charge is 0.317 e. The first-order valence-electron chi connectivity index (χ1n) is 8.58. The second-order valence-corrected chi connectivity index (χ2v) is 7.18. The number of rotatable bonds is 4. The third-order valence-corrected chi connectivity index (χ3v) is 5.40. The molecule has 1 aliphatic carbocycles. The molecule has 4 nitrogen and oxygen atoms in total. The zero-order valence-corrected chi connectivity index (χ0v) is 13.7. The number of pyridine rings is 1. The van der Waals surface area contributed by atoms with Gasteiger partial charge in [-0.15, -0.1) is 0 Å². The van der Waals surface area contributed by atoms with Crippen molar-refractivity contribution in [3.8, 4) is 0 Å². The third kappa shape index (κ3) is 3.26. The van der Waals surface area contributed by atoms with Crippen LogP contribution in [0.4, 0.5) is 4.79 Å². The van der Waals surface area contributed by atoms with Gasteiger partial charge >= 0.3 is 6.03 Å². The number of carbonyl (C=O) groups excluding carboxylic acids is 1. The van der Waals surface area contributed by atoms with Crippen LogP contribution < -0.4 is 5.32 Å². The molecule has 0 aromatic carbocycles. The molecule has 120 valence electrons. The van der Waals surface area contributed by atoms with Gasteiger partial charge in [0.1, 0.15) is 0 Å². The van der Waals surface area contributed by atoms with Crippen molar-refractivity contribution in [2.75, 3.05) is 19.6 Å². The van der Waals surface area contributed by atoms with Gasteiger partial charge in [0, 0.05) is 37.9 Å². The molecule has 0 spiro atoms. The molecule has 1 N–H and O–H groups in total. The molecule has 0 bridgehead atoms. The van der Waals surface area contributed by atoms with Crippen molar-refractivity contribution < 1.29 is 4.79 Å². The van der Waals surface area contributed by atoms with Crippen LogP contribution in [0.5, 0.6) is 0 Å². The quantitative estimate of drug-likeness (QED) is 0.927. The van der Waals surface area contributed by atoms with Crippen LogP contribution >= 0.6 is 0 Å². The minimum absolute atomic E-state index is 0.115. The molecule has 2 aliphatic rings. The minimum Gasteiger partial charge on any atom is -0.337 e. The Bertz CT molecular complexity index is 490. The van der Waals surface area contributed by atoms with Gasteiger partial charge in [-0.3, -0.25) is 4.98 Å². The van der Waals surface area contributed by atoms with Gasteiger partial charge in [-0.2, -0.15) is 0 Å². The number of hydrogen-bond donors (Lipinski definition) is 1. The largest absolute Gasteiger partial charge is 0.337 e. The van der Waals surface area contributed by atoms with Gasteiger partial charge in [-0.25, -0.2) is 4.79 Å². The van der Waals surface area contributed by atoms with Gasteiger partial charge in [-0.05, 0) is 42.2 Å². The summed E-state index contributed by atoms with van der Waals surface area (Å²) >= 11 is 0. The van der Waals surface area contributed by atoms with Crippen molar-refractivity contribution in [1.82, 2.24) is 15.2 Å². The molecule has 2 heterocycles. The van der Waals surface area contributed by atoms with E-state index in [2.05, 4.69) is 30.2 Å². The Kier molecular flexibility index (Phi) is 4.65. The third-order valence-electron chi connectivity index (χ3n) is 5.40. The number of likely N-dealkylation sites (tertiary alicyclic amines) is 1. The molecular weight excluding hydrogens is 274 g/mol. The molecule has 1 saturated heterocycles. The van der Waals surface area contributed by atoms with Gasteiger partial charge < -0.3 is 10.2 Å². The van der Waals surface area contributed by atoms with Crippen molar-refractivity contribution in [1.29, 1.82) is 0 Å². The van der Waals surface area contributed by atoms with Gasteiger partial charge in [0.15, 0.2) is 0 Å². The van der Waals surface area contributed by atoms with E-state index in [0.717, 1.165) is 24.9 Å². The zero-order valence-electron chi connectivity index (χ0n) is 13.7. The number of fused-ring (bicyclic) bond motifs is 1. The molecule has 0 radical (unpaired) electrons. The lowest BCUT2D eigenvalue weighted by Gasteiger charge is -2.24. The van der Waals surface area contributed by atoms with Crippen LogP contribution in [0, 0.1) is 17.8 Å². The van der Waals surface area contributed by atoms with Gasteiger partial charge in [0.05, 0.1) is 0 Å². The Hall–Kier alpha value is -1.58. The number of carbonyl (C=O) groups is 1. The van der Waals surface area contributed by atoms with Crippen molar-refractivity contribution in [2.24, 2.45) is 17.8 Å². The van der Waals surface area contributed by atoms with Crippen LogP contribution in [0.25, 0.3) is 0 Å². The number of urea groups is 1. The number of hydrogen-bond acceptors (Lipinski definition) is 2. The van der Waals surface area contributed by atoms with Gasteiger partial charge in [-0.1, -0.05) is 26.3 Å². The minimum atomic E-state index is 0.115. The Morgan fingerprint density at radius 1 is 1.36 bits per heavy atom. The number of aromatic nitrogens is 1. The standard InChI is InChI=1S/C18H27N3O/c1-13(2)17(14-7-4-8-19-9-14)10-20-18(22)21-11-15-5-3-6-16(15)12-21/h4,7-9,13,15-17H,3,5-6,10-12H2,1-2H3,(H,20,22). The van der Waals surface area contributed by atoms with E-state index in [4.69, 9.17) is 0 Å². The molecule has 1 saturated carbocycles. The summed E-state index contributed by atoms with van der Waals surface area (Å²) < 4.78 is 0. The summed E-state index contributed by atoms with van der Waals surface area (Å²) in [6.45, 7) is 6.99. The van der Waals surface area contributed by atoms with E-state index in [1.807, 2.05) is 17.2 Å². The Balaban J connectivity index is 1.55. The van der Waals surface area contributed by atoms with E-state index in [1.54, 1.807) is 6.20 Å². The second-order valence-electron chi connectivity index (χ2n) is 7.18. The molecule has 1 aromatic heterocycles. The average molecular weight is 301 g/mol. The lowest BCUT2D eigenvalue weighted by atomic mass is 9.89. The normalized spacial score (nSPS) is 25.3. The molecule has 1 aromatic rings. The lowest BCUT2D eigenvalue weighted by Crippen LogP contribution is -2.41. The SMILES string of the molecule is CC(C)C(CNC(=O)N1CC2CCCC2C1)c1cccnc1. The molecule has 3 atom stereocenters. The summed E-state index contributed by atoms with van der Waals surface area (Å²) in [7, 11) is 0. The van der Waals surface area contributed by atoms with Crippen LogP contribution in [0.15, 0.2) is 24.5 Å². The first-order chi connectivity index (χ1) is 10.6. The highest BCUT2D eigenvalue weighted by molar-refractivity contribution is 5.74. The first-order valence-corrected chi connectivity index (χ1v) is 8.58. The highest BCUT2D eigenvalue weighted by Crippen LogP contribution is 2.37. The maximum absolute atomic E-state index is 12.4. The maximum atomic E-state index is 12.4. The fourth-order valence-corrected chi connectivity index (χ4v) is 4.04. The molecule has 2 amide bonds. The lowest BCUT2D eigenvalue weighted by molar-refractivity contribution is 0.203. The molecule has 2 fully saturated rings. The van der Waals surface area contributed by atoms with E-state index in [-0.39, 0.29) is 6.03 Å². The fraction of sp³-hybridized carbons (Fsp3) is 0.667. The topological polar surface area (TPSA) is 45.2 Å². The molecule has 4 heteroatoms. The van der Waals surface area contributed by atoms with Crippen LogP contribution in [-0.2, 0) is 0 Å². The summed E-state index contributed by atoms with van der Waals surface area (Å²) in [6, 6.07) is 4.18. The van der Waals surface area contributed by atoms with Gasteiger partial charge in [0.25, 0.3) is 0 Å². The molecule has 3 rings (SSSR count). The van der Waals surface area contributed by atoms with E-state index in [0.29, 0.717) is 18.4 Å². The maximum Gasteiger partial charge on any atom is 0.317 e. The summed E-state index contributed by atoms with van der Waals surface area (Å²) in [5.41, 5.74) is 1.20. The van der Waals surface area contributed by atoms with Crippen molar-refractivity contribution in [3.05, 3.63) is 30.1 Å². The van der Waals surface area contributed by atoms with Crippen LogP contribution in [0.2, 0.25) is 0 Å². The highest BCUT2D eigenvalue weighted by atomic mass is 16.2. The zero-order chi connectivity index (χ0) is 15.5. The monoisotopic (exact) mass is 301 g/mol. The highest BCUT2D eigenvalue weighted by Gasteiger charge is 2.38. The summed E-state index contributed by atoms with van der Waals surface area (Å²) in [5, 5.41) is 3.15. The Morgan fingerprint density at radius 3 is 2.68 bits per heavy atom. The van der Waals surface area contributed by atoms with E-state index in [9.17, 15) is 4.79 Å². The van der Waals surface area contributed by atoms with Crippen molar-refractivity contribution >= 4 is 6.03 Å². The molecular formula is C18H27N3O. The van der Waals surface area contributed by atoms with Crippen LogP contribution in [-0.4, -0.2) is 35.5 Å². The molecule has 22 heavy (non-hydrogen) atoms. The summed E-state index contributed by atoms with van der Waals surface area (Å²) in [5.74, 6) is 2.30. The van der Waals surface area contributed by atoms with E-state index < -0.39 is 0 Å². The number of amides is 2. The van der Waals surface area contributed by atoms with Crippen LogP contribution in [0.3, 0.4) is 0 Å². The molecule has 1 aliphatic heterocycles. The summed E-state index contributed by atoms with van der Waals surface area (Å²) in [6.07, 6.45) is 7.66. The van der Waals surface area contributed by atoms with Crippen molar-refractivity contribution in [3.63, 3.8) is 0 Å². The Labute approximate surface area is 133 Å². The number of nitrogens with zero attached hydrogens (tertiary/aromatic N) is 2. The second kappa shape index (κ2) is 6.67. The predicted octanol–water partition coefficient (Wildman–Crippen LogP) is 3.26. The first kappa shape index (κ1) is 15.3. The summed E-state index contributed by atoms with van der Waals surface area (Å²) in [4.78, 5) is 18.7. The van der Waals surface area contributed by atoms with Crippen molar-refractivity contribution in [2.45, 2.75) is 39.0 Å². The van der Waals surface area contributed by atoms with Crippen LogP contribution in [0.1, 0.15) is 44.6 Å². The predicted molar refractivity (Wildman–Crippen MR) is 87.6 cm³/mol. The number of nitrogens with one attached hydrogen (secondary N) is 1. The van der Waals surface area contributed by atoms with E-state index in [1.165, 1.54) is 24.8 Å². The van der Waals surface area contributed by atoms with Gasteiger partial charge in [0.2, 0.25) is 0 Å². The average Bonchev–Trinajstić information content (AvgIpc) is 3.09. The Morgan fingerprint density at radius 2 is 2.09 bits per heavy atom. The molecule has 3 unspecified atom stereocenters. The fourth-order valence-electron chi connectivity index (χ4n) is 4.04.